The van der Waals surface area contributed by atoms with E-state index in [2.05, 4.69) is 43.1 Å². The van der Waals surface area contributed by atoms with Crippen molar-refractivity contribution in [3.05, 3.63) is 54.7 Å². The van der Waals surface area contributed by atoms with Crippen LogP contribution < -0.4 is 4.90 Å². The summed E-state index contributed by atoms with van der Waals surface area (Å²) in [4.78, 5) is 13.4. The standard InChI is InChI=1S/C21H26N6O/c28-19-12-21(16-26(15-19)20-13-22-8-9-23-20)5-10-25(11-6-21)14-18-3-1-2-17-4-7-24-27(17)18/h1-4,7-9,13,19,28H,5-6,10-12,14-16H2. The lowest BCUT2D eigenvalue weighted by Gasteiger charge is -2.49. The molecular weight excluding hydrogens is 352 g/mol. The minimum atomic E-state index is -0.305. The zero-order chi connectivity index (χ0) is 19.0. The highest BCUT2D eigenvalue weighted by Gasteiger charge is 2.42. The maximum atomic E-state index is 10.5. The SMILES string of the molecule is OC1CN(c2cnccn2)CC2(CCN(Cc3cccc4ccnn34)CC2)C1. The Hall–Kier alpha value is -2.51. The first-order valence-electron chi connectivity index (χ1n) is 10.0. The zero-order valence-corrected chi connectivity index (χ0v) is 16.0. The van der Waals surface area contributed by atoms with Gasteiger partial charge in [-0.05, 0) is 56.0 Å². The summed E-state index contributed by atoms with van der Waals surface area (Å²) in [5.41, 5.74) is 2.52. The van der Waals surface area contributed by atoms with Gasteiger partial charge in [-0.1, -0.05) is 6.07 Å². The highest BCUT2D eigenvalue weighted by Crippen LogP contribution is 2.41. The molecule has 0 saturated carbocycles. The van der Waals surface area contributed by atoms with Gasteiger partial charge in [0.25, 0.3) is 0 Å². The van der Waals surface area contributed by atoms with Crippen LogP contribution in [-0.2, 0) is 6.54 Å². The average Bonchev–Trinajstić information content (AvgIpc) is 3.20. The van der Waals surface area contributed by atoms with Crippen LogP contribution in [0.4, 0.5) is 5.82 Å². The van der Waals surface area contributed by atoms with Crippen molar-refractivity contribution in [1.82, 2.24) is 24.5 Å². The number of fused-ring (bicyclic) bond motifs is 1. The third kappa shape index (κ3) is 3.36. The molecule has 1 atom stereocenters. The number of nitrogens with zero attached hydrogens (tertiary/aromatic N) is 6. The zero-order valence-electron chi connectivity index (χ0n) is 16.0. The van der Waals surface area contributed by atoms with E-state index in [1.165, 1.54) is 5.69 Å². The van der Waals surface area contributed by atoms with Gasteiger partial charge < -0.3 is 10.0 Å². The summed E-state index contributed by atoms with van der Waals surface area (Å²) in [6.45, 7) is 4.58. The Labute approximate surface area is 164 Å². The number of piperidine rings is 2. The Kier molecular flexibility index (Phi) is 4.49. The van der Waals surface area contributed by atoms with E-state index in [1.54, 1.807) is 18.6 Å². The van der Waals surface area contributed by atoms with Crippen molar-refractivity contribution in [2.45, 2.75) is 31.9 Å². The normalized spacial score (nSPS) is 22.8. The summed E-state index contributed by atoms with van der Waals surface area (Å²) < 4.78 is 2.03. The Morgan fingerprint density at radius 3 is 2.82 bits per heavy atom. The lowest BCUT2D eigenvalue weighted by atomic mass is 9.71. The van der Waals surface area contributed by atoms with Crippen LogP contribution in [0.15, 0.2) is 49.1 Å². The van der Waals surface area contributed by atoms with Gasteiger partial charge in [-0.15, -0.1) is 0 Å². The largest absolute Gasteiger partial charge is 0.391 e. The highest BCUT2D eigenvalue weighted by molar-refractivity contribution is 5.46. The fraction of sp³-hybridized carbons (Fsp3) is 0.476. The van der Waals surface area contributed by atoms with Gasteiger partial charge in [-0.2, -0.15) is 5.10 Å². The molecular formula is C21H26N6O. The van der Waals surface area contributed by atoms with E-state index in [0.717, 1.165) is 56.8 Å². The number of aliphatic hydroxyl groups excluding tert-OH is 1. The van der Waals surface area contributed by atoms with E-state index in [0.29, 0.717) is 6.54 Å². The van der Waals surface area contributed by atoms with Crippen molar-refractivity contribution in [3.8, 4) is 0 Å². The van der Waals surface area contributed by atoms with Crippen LogP contribution >= 0.6 is 0 Å². The Bertz CT molecular complexity index is 934. The number of β-amino-alcohol motifs (C(OH)–C–C–N with tert-alkyl or cyclic N) is 1. The second-order valence-corrected chi connectivity index (χ2v) is 8.26. The Morgan fingerprint density at radius 1 is 1.11 bits per heavy atom. The van der Waals surface area contributed by atoms with E-state index in [1.807, 2.05) is 16.8 Å². The quantitative estimate of drug-likeness (QED) is 0.752. The molecule has 28 heavy (non-hydrogen) atoms. The molecule has 2 fully saturated rings. The molecule has 1 unspecified atom stereocenters. The fourth-order valence-corrected chi connectivity index (χ4v) is 4.89. The van der Waals surface area contributed by atoms with Crippen molar-refractivity contribution in [3.63, 3.8) is 0 Å². The highest BCUT2D eigenvalue weighted by atomic mass is 16.3. The van der Waals surface area contributed by atoms with Crippen LogP contribution in [-0.4, -0.2) is 61.9 Å². The molecule has 2 aliphatic rings. The van der Waals surface area contributed by atoms with E-state index >= 15 is 0 Å². The maximum Gasteiger partial charge on any atom is 0.147 e. The molecule has 5 rings (SSSR count). The monoisotopic (exact) mass is 378 g/mol. The lowest BCUT2D eigenvalue weighted by Crippen LogP contribution is -2.54. The summed E-state index contributed by atoms with van der Waals surface area (Å²) in [6.07, 6.45) is 9.83. The Balaban J connectivity index is 1.27. The minimum Gasteiger partial charge on any atom is -0.391 e. The molecule has 3 aromatic heterocycles. The topological polar surface area (TPSA) is 69.8 Å². The van der Waals surface area contributed by atoms with E-state index in [4.69, 9.17) is 0 Å². The average molecular weight is 378 g/mol. The van der Waals surface area contributed by atoms with Gasteiger partial charge in [0, 0.05) is 38.2 Å². The summed E-state index contributed by atoms with van der Waals surface area (Å²) in [5, 5.41) is 15.0. The summed E-state index contributed by atoms with van der Waals surface area (Å²) in [7, 11) is 0. The van der Waals surface area contributed by atoms with Crippen molar-refractivity contribution in [1.29, 1.82) is 0 Å². The number of rotatable bonds is 3. The predicted molar refractivity (Wildman–Crippen MR) is 107 cm³/mol. The number of pyridine rings is 1. The molecule has 7 nitrogen and oxygen atoms in total. The van der Waals surface area contributed by atoms with E-state index in [9.17, 15) is 5.11 Å². The van der Waals surface area contributed by atoms with E-state index < -0.39 is 0 Å². The molecule has 0 radical (unpaired) electrons. The number of anilines is 1. The first-order chi connectivity index (χ1) is 13.7. The van der Waals surface area contributed by atoms with Gasteiger partial charge in [0.05, 0.1) is 23.5 Å². The minimum absolute atomic E-state index is 0.156. The number of aliphatic hydroxyl groups is 1. The summed E-state index contributed by atoms with van der Waals surface area (Å²) in [5.74, 6) is 0.869. The first kappa shape index (κ1) is 17.6. The van der Waals surface area contributed by atoms with Crippen LogP contribution in [0.25, 0.3) is 5.52 Å². The number of hydrogen-bond donors (Lipinski definition) is 1. The number of likely N-dealkylation sites (tertiary alicyclic amines) is 1. The summed E-state index contributed by atoms with van der Waals surface area (Å²) in [6, 6.07) is 8.39. The number of hydrogen-bond acceptors (Lipinski definition) is 6. The second kappa shape index (κ2) is 7.14. The third-order valence-corrected chi connectivity index (χ3v) is 6.30. The summed E-state index contributed by atoms with van der Waals surface area (Å²) >= 11 is 0. The van der Waals surface area contributed by atoms with E-state index in [-0.39, 0.29) is 11.5 Å². The van der Waals surface area contributed by atoms with Gasteiger partial charge in [0.15, 0.2) is 0 Å². The third-order valence-electron chi connectivity index (χ3n) is 6.30. The predicted octanol–water partition coefficient (Wildman–Crippen LogP) is 1.98. The first-order valence-corrected chi connectivity index (χ1v) is 10.0. The van der Waals surface area contributed by atoms with Crippen LogP contribution in [0.3, 0.4) is 0 Å². The molecule has 0 aliphatic carbocycles. The van der Waals surface area contributed by atoms with Crippen molar-refractivity contribution < 1.29 is 5.11 Å². The Morgan fingerprint density at radius 2 is 2.00 bits per heavy atom. The molecule has 1 N–H and O–H groups in total. The molecule has 3 aromatic rings. The van der Waals surface area contributed by atoms with Crippen LogP contribution in [0, 0.1) is 5.41 Å². The van der Waals surface area contributed by atoms with Crippen LogP contribution in [0.5, 0.6) is 0 Å². The van der Waals surface area contributed by atoms with Crippen molar-refractivity contribution in [2.75, 3.05) is 31.1 Å². The van der Waals surface area contributed by atoms with Crippen molar-refractivity contribution in [2.24, 2.45) is 5.41 Å². The maximum absolute atomic E-state index is 10.5. The molecule has 2 saturated heterocycles. The molecule has 2 aliphatic heterocycles. The van der Waals surface area contributed by atoms with Gasteiger partial charge >= 0.3 is 0 Å². The van der Waals surface area contributed by atoms with Crippen LogP contribution in [0.2, 0.25) is 0 Å². The fourth-order valence-electron chi connectivity index (χ4n) is 4.89. The van der Waals surface area contributed by atoms with Crippen LogP contribution in [0.1, 0.15) is 25.0 Å². The number of aromatic nitrogens is 4. The van der Waals surface area contributed by atoms with Gasteiger partial charge in [0.2, 0.25) is 0 Å². The molecule has 5 heterocycles. The lowest BCUT2D eigenvalue weighted by molar-refractivity contribution is 0.0240. The second-order valence-electron chi connectivity index (χ2n) is 8.26. The van der Waals surface area contributed by atoms with Gasteiger partial charge in [0.1, 0.15) is 5.82 Å². The van der Waals surface area contributed by atoms with Gasteiger partial charge in [-0.3, -0.25) is 9.88 Å². The molecule has 0 aromatic carbocycles. The molecule has 0 bridgehead atoms. The molecule has 1 spiro atoms. The van der Waals surface area contributed by atoms with Crippen molar-refractivity contribution >= 4 is 11.3 Å². The smallest absolute Gasteiger partial charge is 0.147 e. The molecule has 146 valence electrons. The molecule has 7 heteroatoms. The molecule has 0 amide bonds. The van der Waals surface area contributed by atoms with Gasteiger partial charge in [-0.25, -0.2) is 9.50 Å².